The first-order chi connectivity index (χ1) is 13.5. The van der Waals surface area contributed by atoms with E-state index in [9.17, 15) is 9.59 Å². The SMILES string of the molecule is CC(=O)c1cc2c(cc1NC(=O)c1cnn(Cc3ccccc3Cl)c1)OCO2. The third-order valence-corrected chi connectivity index (χ3v) is 4.69. The number of carbonyl (C=O) groups is 2. The summed E-state index contributed by atoms with van der Waals surface area (Å²) in [6.45, 7) is 1.95. The monoisotopic (exact) mass is 397 g/mol. The smallest absolute Gasteiger partial charge is 0.258 e. The summed E-state index contributed by atoms with van der Waals surface area (Å²) in [5.41, 5.74) is 1.97. The van der Waals surface area contributed by atoms with Crippen LogP contribution in [0.25, 0.3) is 0 Å². The summed E-state index contributed by atoms with van der Waals surface area (Å²) in [5.74, 6) is 0.389. The summed E-state index contributed by atoms with van der Waals surface area (Å²) in [6, 6.07) is 10.6. The number of nitrogens with zero attached hydrogens (tertiary/aromatic N) is 2. The number of benzene rings is 2. The second kappa shape index (κ2) is 7.36. The van der Waals surface area contributed by atoms with Crippen molar-refractivity contribution in [3.63, 3.8) is 0 Å². The molecule has 3 aromatic rings. The van der Waals surface area contributed by atoms with Crippen LogP contribution in [0, 0.1) is 0 Å². The van der Waals surface area contributed by atoms with Crippen LogP contribution in [0.1, 0.15) is 33.2 Å². The van der Waals surface area contributed by atoms with Gasteiger partial charge in [-0.3, -0.25) is 14.3 Å². The first-order valence-electron chi connectivity index (χ1n) is 8.53. The molecule has 0 spiro atoms. The van der Waals surface area contributed by atoms with Gasteiger partial charge in [0.15, 0.2) is 17.3 Å². The Morgan fingerprint density at radius 1 is 1.21 bits per heavy atom. The van der Waals surface area contributed by atoms with Crippen LogP contribution in [0.15, 0.2) is 48.8 Å². The van der Waals surface area contributed by atoms with Crippen molar-refractivity contribution >= 4 is 29.0 Å². The highest BCUT2D eigenvalue weighted by Crippen LogP contribution is 2.37. The molecule has 0 bridgehead atoms. The fourth-order valence-electron chi connectivity index (χ4n) is 2.90. The lowest BCUT2D eigenvalue weighted by Crippen LogP contribution is -2.14. The first kappa shape index (κ1) is 18.1. The third-order valence-electron chi connectivity index (χ3n) is 4.33. The van der Waals surface area contributed by atoms with E-state index >= 15 is 0 Å². The zero-order valence-electron chi connectivity index (χ0n) is 14.9. The fourth-order valence-corrected chi connectivity index (χ4v) is 3.10. The number of aromatic nitrogens is 2. The van der Waals surface area contributed by atoms with Crippen LogP contribution in [0.2, 0.25) is 5.02 Å². The average molecular weight is 398 g/mol. The molecule has 2 aromatic carbocycles. The Labute approximate surface area is 165 Å². The quantitative estimate of drug-likeness (QED) is 0.663. The molecular formula is C20H16ClN3O4. The fraction of sp³-hybridized carbons (Fsp3) is 0.150. The molecule has 0 radical (unpaired) electrons. The van der Waals surface area contributed by atoms with Gasteiger partial charge in [0.1, 0.15) is 0 Å². The second-order valence-corrected chi connectivity index (χ2v) is 6.69. The standard InChI is InChI=1S/C20H16ClN3O4/c1-12(25)15-6-18-19(28-11-27-18)7-17(15)23-20(26)14-8-22-24(10-14)9-13-4-2-3-5-16(13)21/h2-8,10H,9,11H2,1H3,(H,23,26). The van der Waals surface area contributed by atoms with Crippen molar-refractivity contribution in [2.75, 3.05) is 12.1 Å². The molecule has 8 heteroatoms. The average Bonchev–Trinajstić information content (AvgIpc) is 3.31. The van der Waals surface area contributed by atoms with Crippen LogP contribution in [-0.2, 0) is 6.54 Å². The van der Waals surface area contributed by atoms with E-state index in [4.69, 9.17) is 21.1 Å². The topological polar surface area (TPSA) is 82.5 Å². The maximum atomic E-state index is 12.6. The van der Waals surface area contributed by atoms with E-state index in [2.05, 4.69) is 10.4 Å². The number of Topliss-reactive ketones (excluding diaryl/α,β-unsaturated/α-hetero) is 1. The Morgan fingerprint density at radius 2 is 1.96 bits per heavy atom. The highest BCUT2D eigenvalue weighted by atomic mass is 35.5. The molecule has 1 amide bonds. The summed E-state index contributed by atoms with van der Waals surface area (Å²) in [6.07, 6.45) is 3.09. The number of amides is 1. The minimum Gasteiger partial charge on any atom is -0.454 e. The van der Waals surface area contributed by atoms with Gasteiger partial charge in [0.25, 0.3) is 5.91 Å². The number of halogens is 1. The lowest BCUT2D eigenvalue weighted by Gasteiger charge is -2.10. The van der Waals surface area contributed by atoms with Crippen LogP contribution < -0.4 is 14.8 Å². The molecule has 0 fully saturated rings. The van der Waals surface area contributed by atoms with Gasteiger partial charge in [-0.2, -0.15) is 5.10 Å². The zero-order valence-corrected chi connectivity index (χ0v) is 15.7. The summed E-state index contributed by atoms with van der Waals surface area (Å²) < 4.78 is 12.2. The highest BCUT2D eigenvalue weighted by Gasteiger charge is 2.21. The minimum absolute atomic E-state index is 0.0822. The zero-order chi connectivity index (χ0) is 19.7. The largest absolute Gasteiger partial charge is 0.454 e. The van der Waals surface area contributed by atoms with Crippen molar-refractivity contribution in [2.45, 2.75) is 13.5 Å². The number of anilines is 1. The molecule has 4 rings (SSSR count). The van der Waals surface area contributed by atoms with Gasteiger partial charge in [0.05, 0.1) is 24.0 Å². The molecule has 0 aliphatic carbocycles. The summed E-state index contributed by atoms with van der Waals surface area (Å²) in [4.78, 5) is 24.6. The number of hydrogen-bond acceptors (Lipinski definition) is 5. The number of hydrogen-bond donors (Lipinski definition) is 1. The number of fused-ring (bicyclic) bond motifs is 1. The van der Waals surface area contributed by atoms with Gasteiger partial charge in [-0.25, -0.2) is 0 Å². The number of rotatable bonds is 5. The van der Waals surface area contributed by atoms with Crippen LogP contribution >= 0.6 is 11.6 Å². The van der Waals surface area contributed by atoms with Gasteiger partial charge in [-0.05, 0) is 24.6 Å². The van der Waals surface area contributed by atoms with Crippen LogP contribution in [0.3, 0.4) is 0 Å². The second-order valence-electron chi connectivity index (χ2n) is 6.28. The van der Waals surface area contributed by atoms with Crippen LogP contribution in [0.5, 0.6) is 11.5 Å². The molecule has 1 N–H and O–H groups in total. The molecular weight excluding hydrogens is 382 g/mol. The van der Waals surface area contributed by atoms with Crippen molar-refractivity contribution in [3.8, 4) is 11.5 Å². The minimum atomic E-state index is -0.383. The van der Waals surface area contributed by atoms with E-state index in [1.54, 1.807) is 29.1 Å². The molecule has 1 aliphatic rings. The Kier molecular flexibility index (Phi) is 4.75. The van der Waals surface area contributed by atoms with E-state index in [0.29, 0.717) is 39.9 Å². The highest BCUT2D eigenvalue weighted by molar-refractivity contribution is 6.31. The van der Waals surface area contributed by atoms with Crippen LogP contribution in [0.4, 0.5) is 5.69 Å². The molecule has 0 atom stereocenters. The van der Waals surface area contributed by atoms with Gasteiger partial charge in [0, 0.05) is 22.8 Å². The number of ether oxygens (including phenoxy) is 2. The lowest BCUT2D eigenvalue weighted by atomic mass is 10.1. The maximum absolute atomic E-state index is 12.6. The van der Waals surface area contributed by atoms with Gasteiger partial charge in [-0.1, -0.05) is 29.8 Å². The van der Waals surface area contributed by atoms with Crippen molar-refractivity contribution in [1.82, 2.24) is 9.78 Å². The maximum Gasteiger partial charge on any atom is 0.258 e. The molecule has 142 valence electrons. The molecule has 0 saturated carbocycles. The van der Waals surface area contributed by atoms with E-state index in [1.165, 1.54) is 13.1 Å². The van der Waals surface area contributed by atoms with E-state index in [-0.39, 0.29) is 18.5 Å². The van der Waals surface area contributed by atoms with Gasteiger partial charge in [0.2, 0.25) is 6.79 Å². The summed E-state index contributed by atoms with van der Waals surface area (Å²) in [7, 11) is 0. The van der Waals surface area contributed by atoms with Crippen LogP contribution in [-0.4, -0.2) is 28.3 Å². The van der Waals surface area contributed by atoms with Crippen molar-refractivity contribution < 1.29 is 19.1 Å². The van der Waals surface area contributed by atoms with Crippen molar-refractivity contribution in [2.24, 2.45) is 0 Å². The van der Waals surface area contributed by atoms with E-state index in [1.807, 2.05) is 18.2 Å². The predicted molar refractivity (Wildman–Crippen MR) is 103 cm³/mol. The van der Waals surface area contributed by atoms with Crippen molar-refractivity contribution in [3.05, 3.63) is 70.5 Å². The predicted octanol–water partition coefficient (Wildman–Crippen LogP) is 3.77. The Balaban J connectivity index is 1.54. The Morgan fingerprint density at radius 3 is 2.71 bits per heavy atom. The van der Waals surface area contributed by atoms with Crippen molar-refractivity contribution in [1.29, 1.82) is 0 Å². The molecule has 1 aromatic heterocycles. The Bertz CT molecular complexity index is 1080. The summed E-state index contributed by atoms with van der Waals surface area (Å²) >= 11 is 6.17. The Hall–Kier alpha value is -3.32. The summed E-state index contributed by atoms with van der Waals surface area (Å²) in [5, 5.41) is 7.60. The normalized spacial score (nSPS) is 12.1. The first-order valence-corrected chi connectivity index (χ1v) is 8.91. The third kappa shape index (κ3) is 3.57. The molecule has 28 heavy (non-hydrogen) atoms. The molecule has 7 nitrogen and oxygen atoms in total. The number of carbonyl (C=O) groups excluding carboxylic acids is 2. The number of ketones is 1. The molecule has 1 aliphatic heterocycles. The van der Waals surface area contributed by atoms with E-state index < -0.39 is 0 Å². The van der Waals surface area contributed by atoms with Gasteiger partial charge in [-0.15, -0.1) is 0 Å². The van der Waals surface area contributed by atoms with E-state index in [0.717, 1.165) is 5.56 Å². The number of nitrogens with one attached hydrogen (secondary N) is 1. The molecule has 0 saturated heterocycles. The lowest BCUT2D eigenvalue weighted by molar-refractivity contribution is 0.101. The van der Waals surface area contributed by atoms with Gasteiger partial charge < -0.3 is 14.8 Å². The molecule has 2 heterocycles. The van der Waals surface area contributed by atoms with Gasteiger partial charge >= 0.3 is 0 Å². The molecule has 0 unspecified atom stereocenters.